The number of amides is 3. The molecule has 0 aromatic rings. The van der Waals surface area contributed by atoms with E-state index in [0.717, 1.165) is 6.92 Å². The van der Waals surface area contributed by atoms with Crippen LogP contribution in [-0.2, 0) is 24.0 Å². The number of nitrogens with one attached hydrogen (secondary N) is 3. The monoisotopic (exact) mass is 438 g/mol. The van der Waals surface area contributed by atoms with Crippen molar-refractivity contribution in [2.75, 3.05) is 12.4 Å². The molecule has 0 fully saturated rings. The van der Waals surface area contributed by atoms with Crippen molar-refractivity contribution in [1.29, 1.82) is 0 Å². The van der Waals surface area contributed by atoms with Gasteiger partial charge in [0, 0.05) is 12.2 Å². The molecule has 0 aliphatic carbocycles. The van der Waals surface area contributed by atoms with Crippen LogP contribution < -0.4 is 21.7 Å². The summed E-state index contributed by atoms with van der Waals surface area (Å²) in [5, 5.41) is 42.6. The van der Waals surface area contributed by atoms with Crippen LogP contribution in [0.1, 0.15) is 19.8 Å². The fourth-order valence-corrected chi connectivity index (χ4v) is 2.25. The molecule has 3 amide bonds. The van der Waals surface area contributed by atoms with Crippen LogP contribution in [0, 0.1) is 0 Å². The van der Waals surface area contributed by atoms with Gasteiger partial charge >= 0.3 is 11.9 Å². The van der Waals surface area contributed by atoms with Gasteiger partial charge in [-0.1, -0.05) is 0 Å². The van der Waals surface area contributed by atoms with Gasteiger partial charge in [0.05, 0.1) is 18.8 Å². The zero-order valence-corrected chi connectivity index (χ0v) is 16.5. The number of rotatable bonds is 13. The molecular weight excluding hydrogens is 412 g/mol. The van der Waals surface area contributed by atoms with Crippen molar-refractivity contribution in [1.82, 2.24) is 16.0 Å². The number of carbonyl (C=O) groups is 5. The SMILES string of the molecule is CC(O)C(NC(=O)C(CO)NC(=O)C(CS)NC(=O)C(N)CCC(=O)O)C(=O)O. The van der Waals surface area contributed by atoms with E-state index in [9.17, 15) is 34.2 Å². The lowest BCUT2D eigenvalue weighted by atomic mass is 10.1. The smallest absolute Gasteiger partial charge is 0.328 e. The second kappa shape index (κ2) is 12.9. The van der Waals surface area contributed by atoms with Gasteiger partial charge in [0.1, 0.15) is 12.1 Å². The predicted octanol–water partition coefficient (Wildman–Crippen LogP) is -3.98. The topological polar surface area (TPSA) is 228 Å². The molecule has 13 nitrogen and oxygen atoms in total. The summed E-state index contributed by atoms with van der Waals surface area (Å²) in [5.74, 6) is -5.69. The Morgan fingerprint density at radius 3 is 1.90 bits per heavy atom. The standard InChI is InChI=1S/C15H26N4O9S/c1-6(21)11(15(27)28)19-13(25)8(4-20)17-14(26)9(5-29)18-12(24)7(16)2-3-10(22)23/h6-9,11,20-21,29H,2-5,16H2,1H3,(H,17,26)(H,18,24)(H,19,25)(H,22,23)(H,27,28). The van der Waals surface area contributed by atoms with E-state index in [1.54, 1.807) is 0 Å². The molecule has 0 aliphatic rings. The van der Waals surface area contributed by atoms with Crippen molar-refractivity contribution >= 4 is 42.3 Å². The Bertz CT molecular complexity index is 617. The number of hydrogen-bond donors (Lipinski definition) is 9. The number of carboxylic acids is 2. The second-order valence-corrected chi connectivity index (χ2v) is 6.46. The van der Waals surface area contributed by atoms with Crippen molar-refractivity contribution in [3.05, 3.63) is 0 Å². The third-order valence-electron chi connectivity index (χ3n) is 3.68. The Morgan fingerprint density at radius 1 is 0.966 bits per heavy atom. The molecule has 0 bridgehead atoms. The number of nitrogens with two attached hydrogens (primary N) is 1. The Kier molecular flexibility index (Phi) is 11.8. The summed E-state index contributed by atoms with van der Waals surface area (Å²) in [7, 11) is 0. The number of hydrogen-bond acceptors (Lipinski definition) is 9. The maximum atomic E-state index is 12.3. The molecule has 0 radical (unpaired) electrons. The zero-order chi connectivity index (χ0) is 22.7. The van der Waals surface area contributed by atoms with E-state index in [-0.39, 0.29) is 18.6 Å². The summed E-state index contributed by atoms with van der Waals surface area (Å²) < 4.78 is 0. The number of aliphatic carboxylic acids is 2. The van der Waals surface area contributed by atoms with E-state index in [2.05, 4.69) is 23.3 Å². The van der Waals surface area contributed by atoms with Crippen LogP contribution in [-0.4, -0.2) is 92.7 Å². The van der Waals surface area contributed by atoms with Gasteiger partial charge in [-0.3, -0.25) is 19.2 Å². The molecule has 9 N–H and O–H groups in total. The van der Waals surface area contributed by atoms with Gasteiger partial charge in [0.25, 0.3) is 0 Å². The molecular formula is C15H26N4O9S. The number of carboxylic acid groups (broad SMARTS) is 2. The molecule has 0 aliphatic heterocycles. The highest BCUT2D eigenvalue weighted by atomic mass is 32.1. The zero-order valence-electron chi connectivity index (χ0n) is 15.6. The third kappa shape index (κ3) is 9.56. The number of thiol groups is 1. The maximum Gasteiger partial charge on any atom is 0.328 e. The van der Waals surface area contributed by atoms with Crippen molar-refractivity contribution in [3.8, 4) is 0 Å². The van der Waals surface area contributed by atoms with E-state index in [1.165, 1.54) is 0 Å². The molecule has 0 saturated heterocycles. The summed E-state index contributed by atoms with van der Waals surface area (Å²) in [5.41, 5.74) is 5.54. The lowest BCUT2D eigenvalue weighted by Gasteiger charge is -2.24. The Balaban J connectivity index is 4.95. The molecule has 0 saturated carbocycles. The minimum atomic E-state index is -1.67. The Hall–Kier alpha value is -2.42. The molecule has 14 heteroatoms. The molecule has 0 spiro atoms. The van der Waals surface area contributed by atoms with E-state index in [1.807, 2.05) is 5.32 Å². The molecule has 5 atom stereocenters. The molecule has 5 unspecified atom stereocenters. The van der Waals surface area contributed by atoms with Crippen molar-refractivity contribution < 1.29 is 44.4 Å². The summed E-state index contributed by atoms with van der Waals surface area (Å²) in [6.07, 6.45) is -1.96. The summed E-state index contributed by atoms with van der Waals surface area (Å²) >= 11 is 3.91. The summed E-state index contributed by atoms with van der Waals surface area (Å²) in [6.45, 7) is 0.237. The van der Waals surface area contributed by atoms with Gasteiger partial charge in [0.15, 0.2) is 6.04 Å². The van der Waals surface area contributed by atoms with Gasteiger partial charge < -0.3 is 42.1 Å². The summed E-state index contributed by atoms with van der Waals surface area (Å²) in [4.78, 5) is 57.8. The van der Waals surface area contributed by atoms with E-state index >= 15 is 0 Å². The van der Waals surface area contributed by atoms with Crippen molar-refractivity contribution in [2.45, 2.75) is 50.0 Å². The van der Waals surface area contributed by atoms with Crippen molar-refractivity contribution in [3.63, 3.8) is 0 Å². The third-order valence-corrected chi connectivity index (χ3v) is 4.05. The summed E-state index contributed by atoms with van der Waals surface area (Å²) in [6, 6.07) is -5.69. The minimum absolute atomic E-state index is 0.167. The van der Waals surface area contributed by atoms with Crippen LogP contribution in [0.2, 0.25) is 0 Å². The van der Waals surface area contributed by atoms with Crippen LogP contribution >= 0.6 is 12.6 Å². The number of carbonyl (C=O) groups excluding carboxylic acids is 3. The number of aliphatic hydroxyl groups is 2. The van der Waals surface area contributed by atoms with Gasteiger partial charge in [-0.25, -0.2) is 4.79 Å². The van der Waals surface area contributed by atoms with Crippen LogP contribution in [0.5, 0.6) is 0 Å². The average molecular weight is 438 g/mol. The van der Waals surface area contributed by atoms with Gasteiger partial charge in [-0.15, -0.1) is 0 Å². The molecule has 0 heterocycles. The quantitative estimate of drug-likeness (QED) is 0.127. The first-order valence-electron chi connectivity index (χ1n) is 8.45. The highest BCUT2D eigenvalue weighted by Crippen LogP contribution is 1.99. The second-order valence-electron chi connectivity index (χ2n) is 6.09. The van der Waals surface area contributed by atoms with Gasteiger partial charge in [0.2, 0.25) is 17.7 Å². The molecule has 0 aromatic heterocycles. The molecule has 0 aromatic carbocycles. The van der Waals surface area contributed by atoms with Crippen LogP contribution in [0.3, 0.4) is 0 Å². The lowest BCUT2D eigenvalue weighted by Crippen LogP contribution is -2.59. The van der Waals surface area contributed by atoms with Gasteiger partial charge in [-0.2, -0.15) is 12.6 Å². The van der Waals surface area contributed by atoms with E-state index < -0.39 is 66.5 Å². The highest BCUT2D eigenvalue weighted by molar-refractivity contribution is 7.80. The Labute approximate surface area is 171 Å². The number of aliphatic hydroxyl groups excluding tert-OH is 2. The average Bonchev–Trinajstić information content (AvgIpc) is 2.64. The normalized spacial score (nSPS) is 15.9. The first-order valence-corrected chi connectivity index (χ1v) is 9.08. The van der Waals surface area contributed by atoms with Crippen LogP contribution in [0.25, 0.3) is 0 Å². The molecule has 29 heavy (non-hydrogen) atoms. The molecule has 166 valence electrons. The van der Waals surface area contributed by atoms with Gasteiger partial charge in [-0.05, 0) is 13.3 Å². The van der Waals surface area contributed by atoms with E-state index in [0.29, 0.717) is 0 Å². The fraction of sp³-hybridized carbons (Fsp3) is 0.667. The van der Waals surface area contributed by atoms with Crippen LogP contribution in [0.4, 0.5) is 0 Å². The first kappa shape index (κ1) is 26.6. The first-order chi connectivity index (χ1) is 13.4. The minimum Gasteiger partial charge on any atom is -0.481 e. The van der Waals surface area contributed by atoms with Crippen molar-refractivity contribution in [2.24, 2.45) is 5.73 Å². The van der Waals surface area contributed by atoms with E-state index in [4.69, 9.17) is 15.9 Å². The highest BCUT2D eigenvalue weighted by Gasteiger charge is 2.31. The predicted molar refractivity (Wildman–Crippen MR) is 101 cm³/mol. The molecule has 0 rings (SSSR count). The largest absolute Gasteiger partial charge is 0.481 e. The Morgan fingerprint density at radius 2 is 1.48 bits per heavy atom. The maximum absolute atomic E-state index is 12.3. The fourth-order valence-electron chi connectivity index (χ4n) is 1.99. The lowest BCUT2D eigenvalue weighted by molar-refractivity contribution is -0.145. The van der Waals surface area contributed by atoms with Crippen LogP contribution in [0.15, 0.2) is 0 Å².